The largest absolute Gasteiger partial charge is 0.481 e. The van der Waals surface area contributed by atoms with Gasteiger partial charge in [-0.3, -0.25) is 9.69 Å². The molecule has 100 valence electrons. The molecule has 2 aromatic heterocycles. The Morgan fingerprint density at radius 2 is 2.42 bits per heavy atom. The van der Waals surface area contributed by atoms with Crippen LogP contribution in [0.4, 0.5) is 0 Å². The van der Waals surface area contributed by atoms with Crippen molar-refractivity contribution in [2.24, 2.45) is 5.92 Å². The third-order valence-corrected chi connectivity index (χ3v) is 4.95. The molecule has 1 atom stereocenters. The summed E-state index contributed by atoms with van der Waals surface area (Å²) in [5, 5.41) is 16.3. The molecule has 6 heteroatoms. The van der Waals surface area contributed by atoms with E-state index in [4.69, 9.17) is 5.11 Å². The molecule has 0 bridgehead atoms. The normalized spacial score (nSPS) is 19.9. The van der Waals surface area contributed by atoms with Crippen LogP contribution in [0.3, 0.4) is 0 Å². The van der Waals surface area contributed by atoms with E-state index in [1.807, 2.05) is 5.38 Å². The highest BCUT2D eigenvalue weighted by Crippen LogP contribution is 2.27. The van der Waals surface area contributed by atoms with Gasteiger partial charge in [-0.2, -0.15) is 11.3 Å². The average Bonchev–Trinajstić information content (AvgIpc) is 3.09. The van der Waals surface area contributed by atoms with Crippen LogP contribution < -0.4 is 0 Å². The lowest BCUT2D eigenvalue weighted by Crippen LogP contribution is -2.22. The van der Waals surface area contributed by atoms with Gasteiger partial charge in [0, 0.05) is 29.4 Å². The highest BCUT2D eigenvalue weighted by Gasteiger charge is 2.28. The van der Waals surface area contributed by atoms with E-state index in [-0.39, 0.29) is 5.92 Å². The van der Waals surface area contributed by atoms with Crippen molar-refractivity contribution in [2.75, 3.05) is 13.1 Å². The van der Waals surface area contributed by atoms with Gasteiger partial charge in [0.1, 0.15) is 5.01 Å². The van der Waals surface area contributed by atoms with Crippen LogP contribution in [0.2, 0.25) is 0 Å². The number of aliphatic carboxylic acids is 1. The maximum atomic E-state index is 10.9. The topological polar surface area (TPSA) is 53.4 Å². The number of aromatic nitrogens is 1. The predicted molar refractivity (Wildman–Crippen MR) is 76.4 cm³/mol. The summed E-state index contributed by atoms with van der Waals surface area (Å²) in [5.41, 5.74) is 2.21. The number of nitrogens with zero attached hydrogens (tertiary/aromatic N) is 2. The number of carbonyl (C=O) groups is 1. The Hall–Kier alpha value is -1.24. The van der Waals surface area contributed by atoms with Crippen molar-refractivity contribution < 1.29 is 9.90 Å². The number of hydrogen-bond acceptors (Lipinski definition) is 5. The number of carboxylic acid groups (broad SMARTS) is 1. The van der Waals surface area contributed by atoms with Gasteiger partial charge in [0.25, 0.3) is 0 Å². The van der Waals surface area contributed by atoms with Crippen molar-refractivity contribution in [1.29, 1.82) is 0 Å². The number of rotatable bonds is 4. The monoisotopic (exact) mass is 294 g/mol. The van der Waals surface area contributed by atoms with Crippen molar-refractivity contribution in [3.63, 3.8) is 0 Å². The number of likely N-dealkylation sites (tertiary alicyclic amines) is 1. The maximum Gasteiger partial charge on any atom is 0.307 e. The summed E-state index contributed by atoms with van der Waals surface area (Å²) < 4.78 is 0. The smallest absolute Gasteiger partial charge is 0.307 e. The Morgan fingerprint density at radius 3 is 3.11 bits per heavy atom. The van der Waals surface area contributed by atoms with Gasteiger partial charge in [-0.05, 0) is 24.4 Å². The van der Waals surface area contributed by atoms with E-state index in [9.17, 15) is 4.79 Å². The first kappa shape index (κ1) is 12.8. The molecule has 0 unspecified atom stereocenters. The minimum absolute atomic E-state index is 0.213. The molecule has 1 fully saturated rings. The van der Waals surface area contributed by atoms with Crippen LogP contribution in [0.25, 0.3) is 10.6 Å². The summed E-state index contributed by atoms with van der Waals surface area (Å²) in [6, 6.07) is 2.07. The molecule has 1 aliphatic heterocycles. The number of hydrogen-bond donors (Lipinski definition) is 1. The summed E-state index contributed by atoms with van der Waals surface area (Å²) in [6.45, 7) is 2.24. The fraction of sp³-hybridized carbons (Fsp3) is 0.385. The van der Waals surface area contributed by atoms with Crippen molar-refractivity contribution in [3.8, 4) is 10.6 Å². The molecule has 1 saturated heterocycles. The Morgan fingerprint density at radius 1 is 1.53 bits per heavy atom. The number of thiazole rings is 1. The van der Waals surface area contributed by atoms with Crippen LogP contribution in [-0.2, 0) is 11.3 Å². The molecule has 0 amide bonds. The zero-order chi connectivity index (χ0) is 13.2. The molecule has 3 heterocycles. The molecule has 19 heavy (non-hydrogen) atoms. The van der Waals surface area contributed by atoms with Crippen LogP contribution in [0.1, 0.15) is 12.1 Å². The first-order valence-corrected chi connectivity index (χ1v) is 7.97. The Bertz CT molecular complexity index is 565. The summed E-state index contributed by atoms with van der Waals surface area (Å²) in [7, 11) is 0. The fourth-order valence-electron chi connectivity index (χ4n) is 2.31. The van der Waals surface area contributed by atoms with Crippen molar-refractivity contribution in [2.45, 2.75) is 13.0 Å². The molecule has 0 aliphatic carbocycles. The molecular weight excluding hydrogens is 280 g/mol. The summed E-state index contributed by atoms with van der Waals surface area (Å²) in [4.78, 5) is 17.7. The van der Waals surface area contributed by atoms with Gasteiger partial charge in [-0.25, -0.2) is 4.98 Å². The number of thiophene rings is 1. The quantitative estimate of drug-likeness (QED) is 0.942. The third kappa shape index (κ3) is 2.86. The molecule has 3 rings (SSSR count). The summed E-state index contributed by atoms with van der Waals surface area (Å²) >= 11 is 3.32. The molecule has 0 spiro atoms. The van der Waals surface area contributed by atoms with Gasteiger partial charge in [0.15, 0.2) is 0 Å². The standard InChI is InChI=1S/C13H14N2O2S2/c16-13(17)9-1-3-15(5-9)6-11-8-19-12(14-11)10-2-4-18-7-10/h2,4,7-9H,1,3,5-6H2,(H,16,17)/t9-/m1/s1. The Labute approximate surface area is 119 Å². The molecular formula is C13H14N2O2S2. The molecule has 0 saturated carbocycles. The van der Waals surface area contributed by atoms with Gasteiger partial charge >= 0.3 is 5.97 Å². The van der Waals surface area contributed by atoms with Crippen molar-refractivity contribution in [3.05, 3.63) is 27.9 Å². The molecule has 2 aromatic rings. The van der Waals surface area contributed by atoms with E-state index in [1.165, 1.54) is 5.56 Å². The van der Waals surface area contributed by atoms with Gasteiger partial charge < -0.3 is 5.11 Å². The zero-order valence-corrected chi connectivity index (χ0v) is 11.9. The predicted octanol–water partition coefficient (Wildman–Crippen LogP) is 2.78. The molecule has 0 radical (unpaired) electrons. The lowest BCUT2D eigenvalue weighted by molar-refractivity contribution is -0.141. The zero-order valence-electron chi connectivity index (χ0n) is 10.3. The third-order valence-electron chi connectivity index (χ3n) is 3.33. The van der Waals surface area contributed by atoms with Crippen LogP contribution in [0, 0.1) is 5.92 Å². The second-order valence-corrected chi connectivity index (χ2v) is 6.35. The lowest BCUT2D eigenvalue weighted by atomic mass is 10.1. The van der Waals surface area contributed by atoms with E-state index in [2.05, 4.69) is 26.7 Å². The van der Waals surface area contributed by atoms with Gasteiger partial charge in [0.2, 0.25) is 0 Å². The lowest BCUT2D eigenvalue weighted by Gasteiger charge is -2.12. The first-order chi connectivity index (χ1) is 9.22. The van der Waals surface area contributed by atoms with Crippen LogP contribution in [0.15, 0.2) is 22.2 Å². The summed E-state index contributed by atoms with van der Waals surface area (Å²) in [6.07, 6.45) is 0.747. The summed E-state index contributed by atoms with van der Waals surface area (Å²) in [5.74, 6) is -0.894. The van der Waals surface area contributed by atoms with Crippen molar-refractivity contribution in [1.82, 2.24) is 9.88 Å². The van der Waals surface area contributed by atoms with Crippen LogP contribution >= 0.6 is 22.7 Å². The number of carboxylic acids is 1. The second kappa shape index (κ2) is 5.40. The molecule has 1 N–H and O–H groups in total. The van der Waals surface area contributed by atoms with E-state index < -0.39 is 5.97 Å². The van der Waals surface area contributed by atoms with Crippen molar-refractivity contribution >= 4 is 28.6 Å². The SMILES string of the molecule is O=C(O)[C@@H]1CCN(Cc2csc(-c3ccsc3)n2)C1. The highest BCUT2D eigenvalue weighted by atomic mass is 32.1. The van der Waals surface area contributed by atoms with E-state index in [1.54, 1.807) is 22.7 Å². The Balaban J connectivity index is 1.64. The molecule has 4 nitrogen and oxygen atoms in total. The fourth-order valence-corrected chi connectivity index (χ4v) is 3.83. The van der Waals surface area contributed by atoms with Crippen LogP contribution in [0.5, 0.6) is 0 Å². The first-order valence-electron chi connectivity index (χ1n) is 6.14. The van der Waals surface area contributed by atoms with Gasteiger partial charge in [-0.15, -0.1) is 11.3 Å². The highest BCUT2D eigenvalue weighted by molar-refractivity contribution is 7.14. The molecule has 1 aliphatic rings. The average molecular weight is 294 g/mol. The van der Waals surface area contributed by atoms with Crippen LogP contribution in [-0.4, -0.2) is 34.0 Å². The van der Waals surface area contributed by atoms with E-state index in [0.29, 0.717) is 6.54 Å². The van der Waals surface area contributed by atoms with E-state index in [0.717, 1.165) is 30.2 Å². The minimum Gasteiger partial charge on any atom is -0.481 e. The second-order valence-electron chi connectivity index (χ2n) is 4.71. The Kier molecular flexibility index (Phi) is 3.63. The van der Waals surface area contributed by atoms with Gasteiger partial charge in [0.05, 0.1) is 11.6 Å². The van der Waals surface area contributed by atoms with Gasteiger partial charge in [-0.1, -0.05) is 0 Å². The van der Waals surface area contributed by atoms with E-state index >= 15 is 0 Å². The maximum absolute atomic E-state index is 10.9. The molecule has 0 aromatic carbocycles. The minimum atomic E-state index is -0.681.